The average Bonchev–Trinajstić information content (AvgIpc) is 3.10. The van der Waals surface area contributed by atoms with E-state index in [1.165, 1.54) is 12.1 Å². The van der Waals surface area contributed by atoms with Gasteiger partial charge in [-0.05, 0) is 38.1 Å². The lowest BCUT2D eigenvalue weighted by molar-refractivity contribution is -0.144. The summed E-state index contributed by atoms with van der Waals surface area (Å²) in [7, 11) is 1.81. The summed E-state index contributed by atoms with van der Waals surface area (Å²) in [6.45, 7) is 7.21. The molecule has 7 heteroatoms. The molecule has 2 aromatic rings. The molecule has 0 aliphatic carbocycles. The molecule has 140 valence electrons. The maximum atomic E-state index is 13.0. The number of ether oxygens (including phenoxy) is 1. The Morgan fingerprint density at radius 3 is 2.58 bits per heavy atom. The van der Waals surface area contributed by atoms with Crippen LogP contribution in [0, 0.1) is 5.82 Å². The normalized spacial score (nSPS) is 15.8. The molecule has 0 bridgehead atoms. The van der Waals surface area contributed by atoms with Gasteiger partial charge in [-0.25, -0.2) is 9.07 Å². The van der Waals surface area contributed by atoms with Crippen molar-refractivity contribution in [1.82, 2.24) is 19.6 Å². The van der Waals surface area contributed by atoms with E-state index in [9.17, 15) is 9.18 Å². The van der Waals surface area contributed by atoms with E-state index in [-0.39, 0.29) is 11.7 Å². The van der Waals surface area contributed by atoms with Gasteiger partial charge in [-0.1, -0.05) is 0 Å². The molecule has 1 aromatic heterocycles. The predicted octanol–water partition coefficient (Wildman–Crippen LogP) is 2.08. The summed E-state index contributed by atoms with van der Waals surface area (Å²) in [6.07, 6.45) is 3.59. The van der Waals surface area contributed by atoms with Crippen molar-refractivity contribution in [1.29, 1.82) is 0 Å². The quantitative estimate of drug-likeness (QED) is 0.819. The number of benzene rings is 1. The number of likely N-dealkylation sites (N-methyl/N-ethyl adjacent to an activating group) is 1. The van der Waals surface area contributed by atoms with Gasteiger partial charge in [0.05, 0.1) is 30.6 Å². The van der Waals surface area contributed by atoms with Crippen molar-refractivity contribution in [2.75, 3.05) is 33.4 Å². The van der Waals surface area contributed by atoms with Crippen molar-refractivity contribution in [2.24, 2.45) is 0 Å². The summed E-state index contributed by atoms with van der Waals surface area (Å²) in [5.74, 6) is -0.217. The van der Waals surface area contributed by atoms with Crippen LogP contribution >= 0.6 is 0 Å². The number of carbonyl (C=O) groups excluding carboxylic acids is 1. The van der Waals surface area contributed by atoms with Crippen molar-refractivity contribution in [2.45, 2.75) is 25.9 Å². The number of hydrogen-bond donors (Lipinski definition) is 0. The molecule has 0 radical (unpaired) electrons. The Hall–Kier alpha value is -2.25. The molecule has 3 rings (SSSR count). The number of amides is 1. The average molecular weight is 360 g/mol. The van der Waals surface area contributed by atoms with Gasteiger partial charge in [0.2, 0.25) is 5.91 Å². The van der Waals surface area contributed by atoms with Crippen molar-refractivity contribution < 1.29 is 13.9 Å². The third-order valence-corrected chi connectivity index (χ3v) is 4.82. The first kappa shape index (κ1) is 18.5. The maximum Gasteiger partial charge on any atom is 0.242 e. The Morgan fingerprint density at radius 1 is 1.27 bits per heavy atom. The van der Waals surface area contributed by atoms with Crippen LogP contribution in [0.1, 0.15) is 19.4 Å². The zero-order chi connectivity index (χ0) is 18.7. The number of hydrogen-bond acceptors (Lipinski definition) is 4. The van der Waals surface area contributed by atoms with Crippen LogP contribution < -0.4 is 0 Å². The highest BCUT2D eigenvalue weighted by Gasteiger charge is 2.37. The smallest absolute Gasteiger partial charge is 0.242 e. The van der Waals surface area contributed by atoms with E-state index >= 15 is 0 Å². The Bertz CT molecular complexity index is 751. The topological polar surface area (TPSA) is 50.6 Å². The molecule has 0 N–H and O–H groups in total. The SMILES string of the molecule is CN(Cc1cnn(-c2ccc(F)cc2)c1)C(=O)C(C)(C)N1CCOCC1. The van der Waals surface area contributed by atoms with Gasteiger partial charge in [-0.3, -0.25) is 9.69 Å². The molecule has 1 fully saturated rings. The summed E-state index contributed by atoms with van der Waals surface area (Å²) in [5.41, 5.74) is 1.12. The van der Waals surface area contributed by atoms with Gasteiger partial charge in [-0.2, -0.15) is 5.10 Å². The van der Waals surface area contributed by atoms with Crippen LogP contribution in [-0.4, -0.2) is 64.4 Å². The molecule has 0 spiro atoms. The molecule has 1 aromatic carbocycles. The van der Waals surface area contributed by atoms with Crippen LogP contribution in [0.3, 0.4) is 0 Å². The van der Waals surface area contributed by atoms with E-state index in [1.54, 1.807) is 35.0 Å². The van der Waals surface area contributed by atoms with Crippen LogP contribution in [0.25, 0.3) is 5.69 Å². The zero-order valence-corrected chi connectivity index (χ0v) is 15.5. The fraction of sp³-hybridized carbons (Fsp3) is 0.474. The van der Waals surface area contributed by atoms with Gasteiger partial charge >= 0.3 is 0 Å². The number of halogens is 1. The number of rotatable bonds is 5. The molecule has 2 heterocycles. The fourth-order valence-corrected chi connectivity index (χ4v) is 3.25. The highest BCUT2D eigenvalue weighted by Crippen LogP contribution is 2.20. The lowest BCUT2D eigenvalue weighted by atomic mass is 10.00. The van der Waals surface area contributed by atoms with Gasteiger partial charge in [0, 0.05) is 38.4 Å². The minimum Gasteiger partial charge on any atom is -0.379 e. The predicted molar refractivity (Wildman–Crippen MR) is 96.5 cm³/mol. The monoisotopic (exact) mass is 360 g/mol. The Morgan fingerprint density at radius 2 is 1.92 bits per heavy atom. The number of morpholine rings is 1. The summed E-state index contributed by atoms with van der Waals surface area (Å²) in [4.78, 5) is 16.8. The van der Waals surface area contributed by atoms with E-state index in [4.69, 9.17) is 4.74 Å². The summed E-state index contributed by atoms with van der Waals surface area (Å²) in [6, 6.07) is 6.14. The molecule has 1 aliphatic rings. The first-order valence-corrected chi connectivity index (χ1v) is 8.76. The molecule has 26 heavy (non-hydrogen) atoms. The van der Waals surface area contributed by atoms with Crippen LogP contribution in [0.5, 0.6) is 0 Å². The lowest BCUT2D eigenvalue weighted by Crippen LogP contribution is -2.58. The minimum atomic E-state index is -0.578. The fourth-order valence-electron chi connectivity index (χ4n) is 3.25. The third-order valence-electron chi connectivity index (χ3n) is 4.82. The van der Waals surface area contributed by atoms with E-state index in [1.807, 2.05) is 20.0 Å². The Balaban J connectivity index is 1.66. The van der Waals surface area contributed by atoms with Crippen molar-refractivity contribution in [3.05, 3.63) is 48.0 Å². The zero-order valence-electron chi connectivity index (χ0n) is 15.5. The van der Waals surface area contributed by atoms with Crippen molar-refractivity contribution >= 4 is 5.91 Å². The maximum absolute atomic E-state index is 13.0. The largest absolute Gasteiger partial charge is 0.379 e. The van der Waals surface area contributed by atoms with Crippen LogP contribution in [0.2, 0.25) is 0 Å². The van der Waals surface area contributed by atoms with Gasteiger partial charge in [-0.15, -0.1) is 0 Å². The van der Waals surface area contributed by atoms with Crippen LogP contribution in [0.4, 0.5) is 4.39 Å². The third kappa shape index (κ3) is 3.94. The van der Waals surface area contributed by atoms with E-state index < -0.39 is 5.54 Å². The van der Waals surface area contributed by atoms with E-state index in [0.717, 1.165) is 24.3 Å². The van der Waals surface area contributed by atoms with Crippen molar-refractivity contribution in [3.63, 3.8) is 0 Å². The number of aromatic nitrogens is 2. The summed E-state index contributed by atoms with van der Waals surface area (Å²) < 4.78 is 20.1. The second-order valence-corrected chi connectivity index (χ2v) is 7.09. The molecule has 0 atom stereocenters. The molecule has 6 nitrogen and oxygen atoms in total. The molecule has 0 unspecified atom stereocenters. The molecule has 0 saturated carbocycles. The first-order valence-electron chi connectivity index (χ1n) is 8.76. The highest BCUT2D eigenvalue weighted by molar-refractivity contribution is 5.85. The summed E-state index contributed by atoms with van der Waals surface area (Å²) >= 11 is 0. The summed E-state index contributed by atoms with van der Waals surface area (Å²) in [5, 5.41) is 4.31. The van der Waals surface area contributed by atoms with Gasteiger partial charge in [0.25, 0.3) is 0 Å². The molecule has 1 saturated heterocycles. The number of carbonyl (C=O) groups is 1. The molecular weight excluding hydrogens is 335 g/mol. The highest BCUT2D eigenvalue weighted by atomic mass is 19.1. The second kappa shape index (κ2) is 7.55. The Labute approximate surface area is 153 Å². The standard InChI is InChI=1S/C19H25FN4O2/c1-19(2,23-8-10-26-11-9-23)18(25)22(3)13-15-12-21-24(14-15)17-6-4-16(20)5-7-17/h4-7,12,14H,8-11,13H2,1-3H3. The van der Waals surface area contributed by atoms with Gasteiger partial charge in [0.1, 0.15) is 5.82 Å². The van der Waals surface area contributed by atoms with Gasteiger partial charge < -0.3 is 9.64 Å². The molecule has 1 aliphatic heterocycles. The van der Waals surface area contributed by atoms with Gasteiger partial charge in [0.15, 0.2) is 0 Å². The van der Waals surface area contributed by atoms with Crippen molar-refractivity contribution in [3.8, 4) is 5.69 Å². The Kier molecular flexibility index (Phi) is 5.38. The minimum absolute atomic E-state index is 0.0638. The molecule has 1 amide bonds. The van der Waals surface area contributed by atoms with E-state index in [2.05, 4.69) is 10.00 Å². The second-order valence-electron chi connectivity index (χ2n) is 7.09. The van der Waals surface area contributed by atoms with Crippen LogP contribution in [0.15, 0.2) is 36.7 Å². The lowest BCUT2D eigenvalue weighted by Gasteiger charge is -2.41. The van der Waals surface area contributed by atoms with Crippen LogP contribution in [-0.2, 0) is 16.1 Å². The molecular formula is C19H25FN4O2. The van der Waals surface area contributed by atoms with E-state index in [0.29, 0.717) is 19.8 Å². The number of nitrogens with zero attached hydrogens (tertiary/aromatic N) is 4. The first-order chi connectivity index (χ1) is 12.4.